The van der Waals surface area contributed by atoms with E-state index in [9.17, 15) is 9.59 Å². The van der Waals surface area contributed by atoms with Crippen molar-refractivity contribution < 1.29 is 14.3 Å². The molecule has 2 heterocycles. The van der Waals surface area contributed by atoms with E-state index in [0.717, 1.165) is 40.4 Å². The summed E-state index contributed by atoms with van der Waals surface area (Å²) in [5.41, 5.74) is 9.93. The molecule has 0 bridgehead atoms. The first-order chi connectivity index (χ1) is 15.9. The van der Waals surface area contributed by atoms with Crippen molar-refractivity contribution >= 4 is 29.0 Å². The number of nitrogens with zero attached hydrogens (tertiary/aromatic N) is 1. The summed E-state index contributed by atoms with van der Waals surface area (Å²) in [6.45, 7) is 5.92. The number of fused-ring (bicyclic) bond motifs is 1. The number of carbonyl (C=O) groups excluding carboxylic acids is 2. The number of likely N-dealkylation sites (tertiary alicyclic amines) is 1. The molecule has 2 aromatic carbocycles. The SMILES string of the molecule is CC(C)COC(=O)N1CCC(C=Cc2c[nH]c3c(C(N)=O)cc(-c4ccccc4)cc23)CC1. The van der Waals surface area contributed by atoms with Gasteiger partial charge in [0.15, 0.2) is 0 Å². The first-order valence-corrected chi connectivity index (χ1v) is 11.5. The van der Waals surface area contributed by atoms with Crippen molar-refractivity contribution in [2.45, 2.75) is 26.7 Å². The summed E-state index contributed by atoms with van der Waals surface area (Å²) in [5, 5.41) is 0.969. The van der Waals surface area contributed by atoms with Crippen molar-refractivity contribution in [3.8, 4) is 11.1 Å². The van der Waals surface area contributed by atoms with Crippen LogP contribution in [-0.2, 0) is 4.74 Å². The van der Waals surface area contributed by atoms with Gasteiger partial charge in [0.05, 0.1) is 17.7 Å². The van der Waals surface area contributed by atoms with E-state index in [2.05, 4.69) is 23.2 Å². The molecule has 1 aliphatic rings. The number of nitrogens with two attached hydrogens (primary N) is 1. The fourth-order valence-corrected chi connectivity index (χ4v) is 4.23. The summed E-state index contributed by atoms with van der Waals surface area (Å²) in [7, 11) is 0. The van der Waals surface area contributed by atoms with Crippen LogP contribution in [0.25, 0.3) is 28.1 Å². The minimum atomic E-state index is -0.452. The van der Waals surface area contributed by atoms with Crippen molar-refractivity contribution in [3.05, 3.63) is 65.9 Å². The first-order valence-electron chi connectivity index (χ1n) is 11.5. The Morgan fingerprint density at radius 3 is 2.55 bits per heavy atom. The van der Waals surface area contributed by atoms with E-state index in [4.69, 9.17) is 10.5 Å². The van der Waals surface area contributed by atoms with Gasteiger partial charge in [-0.2, -0.15) is 0 Å². The normalized spacial score (nSPS) is 14.9. The summed E-state index contributed by atoms with van der Waals surface area (Å²) in [5.74, 6) is 0.270. The Kier molecular flexibility index (Phi) is 6.82. The van der Waals surface area contributed by atoms with Crippen molar-refractivity contribution in [2.24, 2.45) is 17.6 Å². The molecule has 4 rings (SSSR count). The maximum Gasteiger partial charge on any atom is 0.409 e. The zero-order valence-electron chi connectivity index (χ0n) is 19.2. The molecule has 1 aromatic heterocycles. The molecule has 1 saturated heterocycles. The number of piperidine rings is 1. The van der Waals surface area contributed by atoms with Crippen molar-refractivity contribution in [1.82, 2.24) is 9.88 Å². The van der Waals surface area contributed by atoms with Crippen LogP contribution in [0.3, 0.4) is 0 Å². The molecule has 172 valence electrons. The number of ether oxygens (including phenoxy) is 1. The lowest BCUT2D eigenvalue weighted by Gasteiger charge is -2.30. The number of hydrogen-bond acceptors (Lipinski definition) is 3. The van der Waals surface area contributed by atoms with Gasteiger partial charge in [0.25, 0.3) is 5.91 Å². The number of carbonyl (C=O) groups is 2. The van der Waals surface area contributed by atoms with Crippen LogP contribution in [0.4, 0.5) is 4.79 Å². The van der Waals surface area contributed by atoms with Gasteiger partial charge in [0.2, 0.25) is 0 Å². The van der Waals surface area contributed by atoms with E-state index in [-0.39, 0.29) is 6.09 Å². The third kappa shape index (κ3) is 5.28. The van der Waals surface area contributed by atoms with Crippen LogP contribution in [0.1, 0.15) is 42.6 Å². The molecular weight excluding hydrogens is 414 g/mol. The molecule has 0 spiro atoms. The fourth-order valence-electron chi connectivity index (χ4n) is 4.23. The topological polar surface area (TPSA) is 88.4 Å². The minimum Gasteiger partial charge on any atom is -0.449 e. The van der Waals surface area contributed by atoms with Gasteiger partial charge in [-0.1, -0.05) is 56.3 Å². The Balaban J connectivity index is 1.51. The quantitative estimate of drug-likeness (QED) is 0.529. The Labute approximate surface area is 194 Å². The van der Waals surface area contributed by atoms with Crippen molar-refractivity contribution in [1.29, 1.82) is 0 Å². The van der Waals surface area contributed by atoms with Gasteiger partial charge in [0, 0.05) is 24.7 Å². The van der Waals surface area contributed by atoms with Crippen LogP contribution < -0.4 is 5.73 Å². The highest BCUT2D eigenvalue weighted by atomic mass is 16.6. The second-order valence-electron chi connectivity index (χ2n) is 9.08. The molecular formula is C27H31N3O3. The molecule has 1 fully saturated rings. The molecule has 6 nitrogen and oxygen atoms in total. The van der Waals surface area contributed by atoms with Gasteiger partial charge in [-0.15, -0.1) is 0 Å². The van der Waals surface area contributed by atoms with Crippen molar-refractivity contribution in [2.75, 3.05) is 19.7 Å². The van der Waals surface area contributed by atoms with Crippen LogP contribution in [-0.4, -0.2) is 41.6 Å². The second kappa shape index (κ2) is 9.94. The highest BCUT2D eigenvalue weighted by Crippen LogP contribution is 2.31. The molecule has 0 atom stereocenters. The highest BCUT2D eigenvalue weighted by molar-refractivity contribution is 6.08. The molecule has 3 aromatic rings. The average Bonchev–Trinajstić information content (AvgIpc) is 3.24. The molecule has 6 heteroatoms. The van der Waals surface area contributed by atoms with Gasteiger partial charge in [0.1, 0.15) is 0 Å². The standard InChI is InChI=1S/C27H31N3O3/c1-18(2)17-33-27(32)30-12-10-19(11-13-30)8-9-21-16-29-25-23(21)14-22(15-24(25)26(28)31)20-6-4-3-5-7-20/h3-9,14-16,18-19,29H,10-13,17H2,1-2H3,(H2,28,31). The molecule has 0 saturated carbocycles. The fraction of sp³-hybridized carbons (Fsp3) is 0.333. The van der Waals surface area contributed by atoms with Gasteiger partial charge >= 0.3 is 6.09 Å². The maximum absolute atomic E-state index is 12.2. The largest absolute Gasteiger partial charge is 0.449 e. The number of amides is 2. The van der Waals surface area contributed by atoms with Gasteiger partial charge in [-0.05, 0) is 53.5 Å². The molecule has 0 unspecified atom stereocenters. The Morgan fingerprint density at radius 2 is 1.88 bits per heavy atom. The van der Waals surface area contributed by atoms with Gasteiger partial charge in [-0.3, -0.25) is 4.79 Å². The summed E-state index contributed by atoms with van der Waals surface area (Å²) in [4.78, 5) is 29.3. The predicted octanol–water partition coefficient (Wildman–Crippen LogP) is 5.45. The number of hydrogen-bond donors (Lipinski definition) is 2. The number of primary amides is 1. The summed E-state index contributed by atoms with van der Waals surface area (Å²) < 4.78 is 5.35. The molecule has 0 radical (unpaired) electrons. The lowest BCUT2D eigenvalue weighted by Crippen LogP contribution is -2.38. The Bertz CT molecular complexity index is 1160. The molecule has 0 aliphatic carbocycles. The monoisotopic (exact) mass is 445 g/mol. The summed E-state index contributed by atoms with van der Waals surface area (Å²) in [6, 6.07) is 13.9. The number of allylic oxidation sites excluding steroid dienone is 1. The van der Waals surface area contributed by atoms with E-state index in [1.54, 1.807) is 4.90 Å². The molecule has 2 amide bonds. The highest BCUT2D eigenvalue weighted by Gasteiger charge is 2.22. The average molecular weight is 446 g/mol. The predicted molar refractivity (Wildman–Crippen MR) is 132 cm³/mol. The third-order valence-corrected chi connectivity index (χ3v) is 6.08. The first kappa shape index (κ1) is 22.6. The van der Waals surface area contributed by atoms with Gasteiger partial charge < -0.3 is 20.4 Å². The number of aromatic amines is 1. The molecule has 3 N–H and O–H groups in total. The minimum absolute atomic E-state index is 0.213. The lowest BCUT2D eigenvalue weighted by molar-refractivity contribution is 0.0820. The molecule has 1 aliphatic heterocycles. The lowest BCUT2D eigenvalue weighted by atomic mass is 9.95. The molecule has 33 heavy (non-hydrogen) atoms. The van der Waals surface area contributed by atoms with Crippen LogP contribution in [0.2, 0.25) is 0 Å². The zero-order valence-corrected chi connectivity index (χ0v) is 19.2. The number of aromatic nitrogens is 1. The smallest absolute Gasteiger partial charge is 0.409 e. The van der Waals surface area contributed by atoms with E-state index in [0.29, 0.717) is 37.1 Å². The van der Waals surface area contributed by atoms with Crippen molar-refractivity contribution in [3.63, 3.8) is 0 Å². The number of nitrogens with one attached hydrogen (secondary N) is 1. The Morgan fingerprint density at radius 1 is 1.15 bits per heavy atom. The second-order valence-corrected chi connectivity index (χ2v) is 9.08. The van der Waals surface area contributed by atoms with Crippen LogP contribution in [0.5, 0.6) is 0 Å². The van der Waals surface area contributed by atoms with E-state index in [1.165, 1.54) is 0 Å². The van der Waals surface area contributed by atoms with Gasteiger partial charge in [-0.25, -0.2) is 4.79 Å². The Hall–Kier alpha value is -3.54. The van der Waals surface area contributed by atoms with Crippen LogP contribution >= 0.6 is 0 Å². The van der Waals surface area contributed by atoms with Crippen LogP contribution in [0.15, 0.2) is 54.7 Å². The van der Waals surface area contributed by atoms with E-state index < -0.39 is 5.91 Å². The maximum atomic E-state index is 12.2. The van der Waals surface area contributed by atoms with E-state index in [1.807, 2.05) is 56.4 Å². The summed E-state index contributed by atoms with van der Waals surface area (Å²) in [6.07, 6.45) is 7.82. The van der Waals surface area contributed by atoms with E-state index >= 15 is 0 Å². The van der Waals surface area contributed by atoms with Crippen LogP contribution in [0, 0.1) is 11.8 Å². The number of rotatable bonds is 6. The number of H-pyrrole nitrogens is 1. The number of benzene rings is 2. The zero-order chi connectivity index (χ0) is 23.4. The third-order valence-electron chi connectivity index (χ3n) is 6.08. The summed E-state index contributed by atoms with van der Waals surface area (Å²) >= 11 is 0.